The first-order valence-electron chi connectivity index (χ1n) is 11.3. The summed E-state index contributed by atoms with van der Waals surface area (Å²) >= 11 is 5.94. The fourth-order valence-electron chi connectivity index (χ4n) is 3.87. The number of nitrogens with one attached hydrogen (secondary N) is 1. The maximum absolute atomic E-state index is 12.7. The first-order chi connectivity index (χ1) is 17.1. The number of imidazole rings is 1. The number of aromatic nitrogens is 3. The lowest BCUT2D eigenvalue weighted by atomic mass is 10.1. The number of alkyl halides is 3. The molecule has 0 bridgehead atoms. The SMILES string of the molecule is Cc1cnc2c(c1)nc(CCC(=O)N[C@@H](C)c1ccc(Cl)cc1)n2Cc1ccc(OC(F)(F)F)cc1. The third kappa shape index (κ3) is 6.54. The second-order valence-electron chi connectivity index (χ2n) is 8.50. The van der Waals surface area contributed by atoms with E-state index in [0.29, 0.717) is 35.0 Å². The topological polar surface area (TPSA) is 69.0 Å². The van der Waals surface area contributed by atoms with Crippen LogP contribution >= 0.6 is 11.6 Å². The molecule has 10 heteroatoms. The zero-order valence-corrected chi connectivity index (χ0v) is 20.4. The van der Waals surface area contributed by atoms with Crippen molar-refractivity contribution in [3.63, 3.8) is 0 Å². The van der Waals surface area contributed by atoms with Gasteiger partial charge in [0.25, 0.3) is 0 Å². The zero-order chi connectivity index (χ0) is 25.9. The summed E-state index contributed by atoms with van der Waals surface area (Å²) in [6.07, 6.45) is -2.45. The average Bonchev–Trinajstić information content (AvgIpc) is 3.14. The van der Waals surface area contributed by atoms with Crippen LogP contribution in [0.2, 0.25) is 5.02 Å². The summed E-state index contributed by atoms with van der Waals surface area (Å²) in [7, 11) is 0. The molecule has 188 valence electrons. The molecule has 0 saturated heterocycles. The number of aryl methyl sites for hydroxylation is 2. The number of fused-ring (bicyclic) bond motifs is 1. The first kappa shape index (κ1) is 25.5. The molecule has 0 unspecified atom stereocenters. The molecule has 4 rings (SSSR count). The Bertz CT molecular complexity index is 1350. The van der Waals surface area contributed by atoms with E-state index in [2.05, 4.69) is 20.0 Å². The van der Waals surface area contributed by atoms with Gasteiger partial charge in [0.15, 0.2) is 5.65 Å². The maximum atomic E-state index is 12.7. The van der Waals surface area contributed by atoms with Crippen LogP contribution in [0.5, 0.6) is 5.75 Å². The summed E-state index contributed by atoms with van der Waals surface area (Å²) in [5.74, 6) is 0.240. The third-order valence-electron chi connectivity index (χ3n) is 5.62. The van der Waals surface area contributed by atoms with Crippen molar-refractivity contribution in [3.8, 4) is 5.75 Å². The van der Waals surface area contributed by atoms with Crippen molar-refractivity contribution in [1.29, 1.82) is 0 Å². The van der Waals surface area contributed by atoms with Crippen LogP contribution in [0.3, 0.4) is 0 Å². The van der Waals surface area contributed by atoms with E-state index in [1.54, 1.807) is 30.5 Å². The Kier molecular flexibility index (Phi) is 7.49. The van der Waals surface area contributed by atoms with Gasteiger partial charge in [0.1, 0.15) is 17.1 Å². The second-order valence-corrected chi connectivity index (χ2v) is 8.94. The van der Waals surface area contributed by atoms with Crippen LogP contribution in [-0.4, -0.2) is 26.8 Å². The van der Waals surface area contributed by atoms with Crippen molar-refractivity contribution in [2.24, 2.45) is 0 Å². The van der Waals surface area contributed by atoms with Gasteiger partial charge in [-0.05, 0) is 60.9 Å². The molecule has 0 aliphatic carbocycles. The third-order valence-corrected chi connectivity index (χ3v) is 5.87. The molecule has 1 atom stereocenters. The molecule has 2 heterocycles. The molecule has 4 aromatic rings. The van der Waals surface area contributed by atoms with Crippen molar-refractivity contribution >= 4 is 28.7 Å². The van der Waals surface area contributed by atoms with Gasteiger partial charge in [-0.2, -0.15) is 0 Å². The van der Waals surface area contributed by atoms with Gasteiger partial charge >= 0.3 is 6.36 Å². The van der Waals surface area contributed by atoms with E-state index < -0.39 is 6.36 Å². The van der Waals surface area contributed by atoms with Crippen molar-refractivity contribution in [1.82, 2.24) is 19.9 Å². The Balaban J connectivity index is 1.49. The minimum atomic E-state index is -4.75. The van der Waals surface area contributed by atoms with Gasteiger partial charge in [-0.25, -0.2) is 9.97 Å². The summed E-state index contributed by atoms with van der Waals surface area (Å²) in [5, 5.41) is 3.61. The van der Waals surface area contributed by atoms with E-state index >= 15 is 0 Å². The molecule has 36 heavy (non-hydrogen) atoms. The van der Waals surface area contributed by atoms with E-state index in [1.807, 2.05) is 36.6 Å². The number of benzene rings is 2. The molecule has 0 aliphatic rings. The normalized spacial score (nSPS) is 12.5. The molecular formula is C26H24ClF3N4O2. The standard InChI is InChI=1S/C26H24ClF3N4O2/c1-16-13-22-25(31-14-16)34(15-18-3-9-21(10-4-18)36-26(28,29)30)23(33-22)11-12-24(35)32-17(2)19-5-7-20(27)8-6-19/h3-10,13-14,17H,11-12,15H2,1-2H3,(H,32,35)/t17-/m0/s1. The van der Waals surface area contributed by atoms with Crippen molar-refractivity contribution in [2.45, 2.75) is 45.6 Å². The van der Waals surface area contributed by atoms with E-state index in [4.69, 9.17) is 11.6 Å². The van der Waals surface area contributed by atoms with E-state index in [-0.39, 0.29) is 24.1 Å². The molecule has 6 nitrogen and oxygen atoms in total. The van der Waals surface area contributed by atoms with Crippen molar-refractivity contribution in [2.75, 3.05) is 0 Å². The Labute approximate surface area is 211 Å². The van der Waals surface area contributed by atoms with Crippen molar-refractivity contribution < 1.29 is 22.7 Å². The molecule has 1 N–H and O–H groups in total. The number of ether oxygens (including phenoxy) is 1. The van der Waals surface area contributed by atoms with Crippen molar-refractivity contribution in [3.05, 3.63) is 88.3 Å². The van der Waals surface area contributed by atoms with E-state index in [0.717, 1.165) is 16.7 Å². The first-order valence-corrected chi connectivity index (χ1v) is 11.7. The predicted molar refractivity (Wildman–Crippen MR) is 131 cm³/mol. The van der Waals surface area contributed by atoms with Crippen LogP contribution in [-0.2, 0) is 17.8 Å². The number of carbonyl (C=O) groups excluding carboxylic acids is 1. The lowest BCUT2D eigenvalue weighted by Crippen LogP contribution is -2.27. The lowest BCUT2D eigenvalue weighted by molar-refractivity contribution is -0.274. The van der Waals surface area contributed by atoms with Gasteiger partial charge in [-0.3, -0.25) is 4.79 Å². The number of rotatable bonds is 8. The molecule has 0 radical (unpaired) electrons. The molecule has 2 aromatic carbocycles. The fraction of sp³-hybridized carbons (Fsp3) is 0.269. The van der Waals surface area contributed by atoms with Gasteiger partial charge < -0.3 is 14.6 Å². The Morgan fingerprint density at radius 3 is 2.50 bits per heavy atom. The predicted octanol–water partition coefficient (Wildman–Crippen LogP) is 6.15. The minimum Gasteiger partial charge on any atom is -0.406 e. The number of hydrogen-bond donors (Lipinski definition) is 1. The van der Waals surface area contributed by atoms with Gasteiger partial charge in [0.2, 0.25) is 5.91 Å². The number of hydrogen-bond acceptors (Lipinski definition) is 4. The Hall–Kier alpha value is -3.59. The molecule has 0 aliphatic heterocycles. The molecule has 0 saturated carbocycles. The number of nitrogens with zero attached hydrogens (tertiary/aromatic N) is 3. The Morgan fingerprint density at radius 1 is 1.14 bits per heavy atom. The highest BCUT2D eigenvalue weighted by Gasteiger charge is 2.31. The highest BCUT2D eigenvalue weighted by Crippen LogP contribution is 2.24. The number of carbonyl (C=O) groups is 1. The zero-order valence-electron chi connectivity index (χ0n) is 19.6. The van der Waals surface area contributed by atoms with E-state index in [1.165, 1.54) is 12.1 Å². The highest BCUT2D eigenvalue weighted by molar-refractivity contribution is 6.30. The maximum Gasteiger partial charge on any atom is 0.573 e. The van der Waals surface area contributed by atoms with Crippen LogP contribution in [0.1, 0.15) is 41.9 Å². The molecule has 0 spiro atoms. The summed E-state index contributed by atoms with van der Waals surface area (Å²) in [5.41, 5.74) is 3.96. The van der Waals surface area contributed by atoms with Gasteiger partial charge in [0, 0.05) is 24.1 Å². The lowest BCUT2D eigenvalue weighted by Gasteiger charge is -2.15. The van der Waals surface area contributed by atoms with Crippen LogP contribution in [0.25, 0.3) is 11.2 Å². The average molecular weight is 517 g/mol. The smallest absolute Gasteiger partial charge is 0.406 e. The Morgan fingerprint density at radius 2 is 1.83 bits per heavy atom. The quantitative estimate of drug-likeness (QED) is 0.305. The monoisotopic (exact) mass is 516 g/mol. The molecule has 1 amide bonds. The van der Waals surface area contributed by atoms with Gasteiger partial charge in [0.05, 0.1) is 12.6 Å². The van der Waals surface area contributed by atoms with Crippen LogP contribution in [0.15, 0.2) is 60.8 Å². The molecule has 2 aromatic heterocycles. The number of amides is 1. The summed E-state index contributed by atoms with van der Waals surface area (Å²) in [6, 6.07) is 14.7. The largest absolute Gasteiger partial charge is 0.573 e. The second kappa shape index (κ2) is 10.6. The number of pyridine rings is 1. The van der Waals surface area contributed by atoms with Crippen LogP contribution in [0, 0.1) is 6.92 Å². The van der Waals surface area contributed by atoms with Gasteiger partial charge in [-0.15, -0.1) is 13.2 Å². The minimum absolute atomic E-state index is 0.131. The van der Waals surface area contributed by atoms with Crippen LogP contribution < -0.4 is 10.1 Å². The molecular weight excluding hydrogens is 493 g/mol. The van der Waals surface area contributed by atoms with E-state index in [9.17, 15) is 18.0 Å². The van der Waals surface area contributed by atoms with Gasteiger partial charge in [-0.1, -0.05) is 35.9 Å². The van der Waals surface area contributed by atoms with Crippen LogP contribution in [0.4, 0.5) is 13.2 Å². The summed E-state index contributed by atoms with van der Waals surface area (Å²) in [6.45, 7) is 4.14. The highest BCUT2D eigenvalue weighted by atomic mass is 35.5. The molecule has 0 fully saturated rings. The fourth-order valence-corrected chi connectivity index (χ4v) is 3.99. The summed E-state index contributed by atoms with van der Waals surface area (Å²) in [4.78, 5) is 21.9. The summed E-state index contributed by atoms with van der Waals surface area (Å²) < 4.78 is 43.2. The number of halogens is 4.